The summed E-state index contributed by atoms with van der Waals surface area (Å²) < 4.78 is 5.13. The minimum absolute atomic E-state index is 0.156. The van der Waals surface area contributed by atoms with Crippen molar-refractivity contribution in [3.63, 3.8) is 0 Å². The van der Waals surface area contributed by atoms with E-state index in [1.54, 1.807) is 7.11 Å². The summed E-state index contributed by atoms with van der Waals surface area (Å²) in [5, 5.41) is 0. The normalized spacial score (nSPS) is 14.9. The zero-order valence-corrected chi connectivity index (χ0v) is 10.6. The van der Waals surface area contributed by atoms with Crippen molar-refractivity contribution in [3.8, 4) is 5.75 Å². The monoisotopic (exact) mass is 222 g/mol. The maximum Gasteiger partial charge on any atom is 0.118 e. The third-order valence-corrected chi connectivity index (χ3v) is 2.86. The molecule has 0 bridgehead atoms. The zero-order chi connectivity index (χ0) is 12.1. The number of rotatable bonds is 5. The fourth-order valence-electron chi connectivity index (χ4n) is 1.73. The van der Waals surface area contributed by atoms with Crippen LogP contribution in [0.5, 0.6) is 5.75 Å². The van der Waals surface area contributed by atoms with Crippen LogP contribution in [-0.2, 0) is 0 Å². The van der Waals surface area contributed by atoms with Crippen LogP contribution in [0.3, 0.4) is 0 Å². The first kappa shape index (κ1) is 13.0. The molecule has 2 N–H and O–H groups in total. The van der Waals surface area contributed by atoms with Gasteiger partial charge < -0.3 is 15.4 Å². The van der Waals surface area contributed by atoms with Crippen molar-refractivity contribution in [2.24, 2.45) is 5.73 Å². The molecule has 0 heterocycles. The average Bonchev–Trinajstić information content (AvgIpc) is 2.27. The molecular formula is C13H22N2O. The van der Waals surface area contributed by atoms with Crippen LogP contribution in [0.2, 0.25) is 0 Å². The van der Waals surface area contributed by atoms with Crippen molar-refractivity contribution < 1.29 is 4.74 Å². The molecule has 0 radical (unpaired) electrons. The van der Waals surface area contributed by atoms with Gasteiger partial charge in [-0.1, -0.05) is 19.1 Å². The van der Waals surface area contributed by atoms with E-state index in [4.69, 9.17) is 10.5 Å². The molecule has 0 fully saturated rings. The van der Waals surface area contributed by atoms with E-state index in [9.17, 15) is 0 Å². The molecule has 0 saturated heterocycles. The van der Waals surface area contributed by atoms with Gasteiger partial charge in [-0.3, -0.25) is 0 Å². The maximum atomic E-state index is 6.15. The Bertz CT molecular complexity index is 308. The second-order valence-electron chi connectivity index (χ2n) is 4.49. The highest BCUT2D eigenvalue weighted by Crippen LogP contribution is 2.21. The molecule has 0 amide bonds. The Labute approximate surface area is 98.2 Å². The Morgan fingerprint density at radius 1 is 1.25 bits per heavy atom. The van der Waals surface area contributed by atoms with Gasteiger partial charge in [0, 0.05) is 12.6 Å². The van der Waals surface area contributed by atoms with E-state index in [1.165, 1.54) is 5.56 Å². The molecule has 2 atom stereocenters. The molecule has 90 valence electrons. The summed E-state index contributed by atoms with van der Waals surface area (Å²) in [7, 11) is 5.76. The number of ether oxygens (including phenoxy) is 1. The van der Waals surface area contributed by atoms with Crippen LogP contribution in [-0.4, -0.2) is 38.7 Å². The standard InChI is InChI=1S/C13H22N2O/c1-10(13(14)9-15(2)3)11-5-7-12(16-4)8-6-11/h5-8,10,13H,9,14H2,1-4H3. The second-order valence-corrected chi connectivity index (χ2v) is 4.49. The van der Waals surface area contributed by atoms with Crippen molar-refractivity contribution in [2.75, 3.05) is 27.7 Å². The summed E-state index contributed by atoms with van der Waals surface area (Å²) >= 11 is 0. The lowest BCUT2D eigenvalue weighted by atomic mass is 9.93. The molecule has 0 saturated carbocycles. The van der Waals surface area contributed by atoms with E-state index >= 15 is 0 Å². The van der Waals surface area contributed by atoms with E-state index in [1.807, 2.05) is 26.2 Å². The molecule has 0 aliphatic heterocycles. The highest BCUT2D eigenvalue weighted by Gasteiger charge is 2.15. The number of methoxy groups -OCH3 is 1. The van der Waals surface area contributed by atoms with Crippen LogP contribution in [0, 0.1) is 0 Å². The van der Waals surface area contributed by atoms with Crippen molar-refractivity contribution in [3.05, 3.63) is 29.8 Å². The van der Waals surface area contributed by atoms with Gasteiger partial charge in [0.2, 0.25) is 0 Å². The van der Waals surface area contributed by atoms with Crippen molar-refractivity contribution in [1.82, 2.24) is 4.90 Å². The van der Waals surface area contributed by atoms with Gasteiger partial charge in [0.05, 0.1) is 7.11 Å². The van der Waals surface area contributed by atoms with Crippen molar-refractivity contribution in [1.29, 1.82) is 0 Å². The Hall–Kier alpha value is -1.06. The number of likely N-dealkylation sites (N-methyl/N-ethyl adjacent to an activating group) is 1. The molecule has 0 aliphatic carbocycles. The summed E-state index contributed by atoms with van der Waals surface area (Å²) in [6, 6.07) is 8.28. The number of nitrogens with two attached hydrogens (primary N) is 1. The van der Waals surface area contributed by atoms with Crippen LogP contribution in [0.25, 0.3) is 0 Å². The Kier molecular flexibility index (Phi) is 4.77. The van der Waals surface area contributed by atoms with Crippen LogP contribution in [0.15, 0.2) is 24.3 Å². The first-order valence-corrected chi connectivity index (χ1v) is 5.59. The zero-order valence-electron chi connectivity index (χ0n) is 10.6. The predicted molar refractivity (Wildman–Crippen MR) is 67.9 cm³/mol. The molecule has 0 spiro atoms. The first-order valence-electron chi connectivity index (χ1n) is 5.59. The topological polar surface area (TPSA) is 38.5 Å². The van der Waals surface area contributed by atoms with Gasteiger partial charge in [-0.2, -0.15) is 0 Å². The lowest BCUT2D eigenvalue weighted by molar-refractivity contribution is 0.351. The first-order chi connectivity index (χ1) is 7.54. The number of nitrogens with zero attached hydrogens (tertiary/aromatic N) is 1. The van der Waals surface area contributed by atoms with Gasteiger partial charge in [0.25, 0.3) is 0 Å². The molecule has 0 aromatic heterocycles. The highest BCUT2D eigenvalue weighted by atomic mass is 16.5. The minimum Gasteiger partial charge on any atom is -0.497 e. The third kappa shape index (κ3) is 3.51. The molecule has 0 aliphatic rings. The highest BCUT2D eigenvalue weighted by molar-refractivity contribution is 5.29. The third-order valence-electron chi connectivity index (χ3n) is 2.86. The van der Waals surface area contributed by atoms with E-state index in [-0.39, 0.29) is 6.04 Å². The van der Waals surface area contributed by atoms with E-state index in [0.717, 1.165) is 12.3 Å². The van der Waals surface area contributed by atoms with Crippen LogP contribution in [0.1, 0.15) is 18.4 Å². The molecule has 2 unspecified atom stereocenters. The van der Waals surface area contributed by atoms with E-state index in [2.05, 4.69) is 24.0 Å². The average molecular weight is 222 g/mol. The van der Waals surface area contributed by atoms with Crippen molar-refractivity contribution >= 4 is 0 Å². The van der Waals surface area contributed by atoms with Crippen molar-refractivity contribution in [2.45, 2.75) is 18.9 Å². The Morgan fingerprint density at radius 2 is 1.81 bits per heavy atom. The minimum atomic E-state index is 0.156. The SMILES string of the molecule is COc1ccc(C(C)C(N)CN(C)C)cc1. The fourth-order valence-corrected chi connectivity index (χ4v) is 1.73. The van der Waals surface area contributed by atoms with Crippen LogP contribution in [0.4, 0.5) is 0 Å². The van der Waals surface area contributed by atoms with Gasteiger partial charge in [0.1, 0.15) is 5.75 Å². The second kappa shape index (κ2) is 5.87. The van der Waals surface area contributed by atoms with Crippen LogP contribution >= 0.6 is 0 Å². The Balaban J connectivity index is 2.67. The molecule has 3 heteroatoms. The summed E-state index contributed by atoms with van der Waals surface area (Å²) in [6.07, 6.45) is 0. The summed E-state index contributed by atoms with van der Waals surface area (Å²) in [4.78, 5) is 2.12. The quantitative estimate of drug-likeness (QED) is 0.824. The molecule has 1 rings (SSSR count). The van der Waals surface area contributed by atoms with Gasteiger partial charge >= 0.3 is 0 Å². The lowest BCUT2D eigenvalue weighted by Crippen LogP contribution is -2.37. The molecule has 1 aromatic carbocycles. The summed E-state index contributed by atoms with van der Waals surface area (Å²) in [5.74, 6) is 1.24. The molecule has 16 heavy (non-hydrogen) atoms. The lowest BCUT2D eigenvalue weighted by Gasteiger charge is -2.23. The van der Waals surface area contributed by atoms with Gasteiger partial charge in [-0.15, -0.1) is 0 Å². The van der Waals surface area contributed by atoms with Gasteiger partial charge in [-0.25, -0.2) is 0 Å². The predicted octanol–water partition coefficient (Wildman–Crippen LogP) is 1.69. The van der Waals surface area contributed by atoms with Gasteiger partial charge in [-0.05, 0) is 37.7 Å². The molecule has 1 aromatic rings. The number of hydrogen-bond acceptors (Lipinski definition) is 3. The summed E-state index contributed by atoms with van der Waals surface area (Å²) in [5.41, 5.74) is 7.41. The van der Waals surface area contributed by atoms with E-state index in [0.29, 0.717) is 5.92 Å². The smallest absolute Gasteiger partial charge is 0.118 e. The summed E-state index contributed by atoms with van der Waals surface area (Å²) in [6.45, 7) is 3.06. The van der Waals surface area contributed by atoms with Gasteiger partial charge in [0.15, 0.2) is 0 Å². The maximum absolute atomic E-state index is 6.15. The molecular weight excluding hydrogens is 200 g/mol. The number of hydrogen-bond donors (Lipinski definition) is 1. The molecule has 3 nitrogen and oxygen atoms in total. The largest absolute Gasteiger partial charge is 0.497 e. The van der Waals surface area contributed by atoms with Crippen LogP contribution < -0.4 is 10.5 Å². The Morgan fingerprint density at radius 3 is 2.25 bits per heavy atom. The number of benzene rings is 1. The van der Waals surface area contributed by atoms with E-state index < -0.39 is 0 Å². The fraction of sp³-hybridized carbons (Fsp3) is 0.538.